The summed E-state index contributed by atoms with van der Waals surface area (Å²) < 4.78 is 37.1. The Morgan fingerprint density at radius 3 is 2.59 bits per heavy atom. The Balaban J connectivity index is 2.02. The Bertz CT molecular complexity index is 808. The lowest BCUT2D eigenvalue weighted by Gasteiger charge is -2.09. The van der Waals surface area contributed by atoms with E-state index in [1.165, 1.54) is 12.4 Å². The third-order valence-corrected chi connectivity index (χ3v) is 2.97. The fourth-order valence-corrected chi connectivity index (χ4v) is 2.01. The molecular formula is C14H9F3N4O. The zero-order chi connectivity index (χ0) is 15.7. The van der Waals surface area contributed by atoms with Crippen LogP contribution in [0.4, 0.5) is 19.0 Å². The van der Waals surface area contributed by atoms with E-state index in [0.29, 0.717) is 5.69 Å². The maximum Gasteiger partial charge on any atom is 0.471 e. The summed E-state index contributed by atoms with van der Waals surface area (Å²) in [6.07, 6.45) is -2.45. The summed E-state index contributed by atoms with van der Waals surface area (Å²) in [5, 5.41) is 2.61. The molecule has 5 nitrogen and oxygen atoms in total. The standard InChI is InChI=1S/C14H9F3N4O/c15-14(16,17)13(22)21-12-11(18-5-6-19-12)10-7-8-3-1-2-4-9(8)20-10/h1-7,20H,(H,19,21,22). The van der Waals surface area contributed by atoms with Crippen LogP contribution >= 0.6 is 0 Å². The summed E-state index contributed by atoms with van der Waals surface area (Å²) in [6, 6.07) is 9.06. The molecule has 2 aromatic heterocycles. The molecule has 0 unspecified atom stereocenters. The number of halogens is 3. The van der Waals surface area contributed by atoms with E-state index in [2.05, 4.69) is 15.0 Å². The van der Waals surface area contributed by atoms with Crippen molar-refractivity contribution in [3.05, 3.63) is 42.7 Å². The smallest absolute Gasteiger partial charge is 0.353 e. The molecule has 2 heterocycles. The van der Waals surface area contributed by atoms with E-state index >= 15 is 0 Å². The van der Waals surface area contributed by atoms with E-state index in [-0.39, 0.29) is 11.5 Å². The van der Waals surface area contributed by atoms with Gasteiger partial charge in [0.15, 0.2) is 5.82 Å². The summed E-state index contributed by atoms with van der Waals surface area (Å²) in [6.45, 7) is 0. The van der Waals surface area contributed by atoms with Crippen molar-refractivity contribution in [1.29, 1.82) is 0 Å². The number of carbonyl (C=O) groups is 1. The minimum absolute atomic E-state index is 0.135. The van der Waals surface area contributed by atoms with Gasteiger partial charge in [0, 0.05) is 23.3 Å². The molecule has 3 aromatic rings. The van der Waals surface area contributed by atoms with Gasteiger partial charge in [-0.1, -0.05) is 18.2 Å². The van der Waals surface area contributed by atoms with Crippen LogP contribution in [-0.4, -0.2) is 27.0 Å². The lowest BCUT2D eigenvalue weighted by atomic mass is 10.2. The maximum atomic E-state index is 12.4. The number of fused-ring (bicyclic) bond motifs is 1. The number of alkyl halides is 3. The molecule has 0 aliphatic heterocycles. The SMILES string of the molecule is O=C(Nc1nccnc1-c1cc2ccccc2[nH]1)C(F)(F)F. The summed E-state index contributed by atoms with van der Waals surface area (Å²) in [5.41, 5.74) is 1.40. The van der Waals surface area contributed by atoms with Crippen molar-refractivity contribution in [3.8, 4) is 11.4 Å². The molecule has 0 atom stereocenters. The van der Waals surface area contributed by atoms with Crippen molar-refractivity contribution in [2.24, 2.45) is 0 Å². The van der Waals surface area contributed by atoms with Crippen molar-refractivity contribution in [3.63, 3.8) is 0 Å². The average Bonchev–Trinajstić information content (AvgIpc) is 2.90. The van der Waals surface area contributed by atoms with Crippen molar-refractivity contribution in [1.82, 2.24) is 15.0 Å². The molecule has 22 heavy (non-hydrogen) atoms. The number of anilines is 1. The van der Waals surface area contributed by atoms with Gasteiger partial charge in [-0.2, -0.15) is 13.2 Å². The minimum Gasteiger partial charge on any atom is -0.353 e. The first-order chi connectivity index (χ1) is 10.4. The lowest BCUT2D eigenvalue weighted by Crippen LogP contribution is -2.30. The third-order valence-electron chi connectivity index (χ3n) is 2.97. The Labute approximate surface area is 122 Å². The van der Waals surface area contributed by atoms with Crippen molar-refractivity contribution >= 4 is 22.6 Å². The van der Waals surface area contributed by atoms with E-state index in [4.69, 9.17) is 0 Å². The number of benzene rings is 1. The molecule has 0 aliphatic rings. The largest absolute Gasteiger partial charge is 0.471 e. The summed E-state index contributed by atoms with van der Waals surface area (Å²) >= 11 is 0. The van der Waals surface area contributed by atoms with E-state index in [1.54, 1.807) is 11.4 Å². The molecule has 0 bridgehead atoms. The summed E-state index contributed by atoms with van der Waals surface area (Å²) in [7, 11) is 0. The monoisotopic (exact) mass is 306 g/mol. The third kappa shape index (κ3) is 2.62. The fourth-order valence-electron chi connectivity index (χ4n) is 2.01. The highest BCUT2D eigenvalue weighted by Crippen LogP contribution is 2.27. The van der Waals surface area contributed by atoms with Crippen LogP contribution in [0.25, 0.3) is 22.3 Å². The summed E-state index contributed by atoms with van der Waals surface area (Å²) in [4.78, 5) is 21.9. The van der Waals surface area contributed by atoms with E-state index in [0.717, 1.165) is 10.9 Å². The Hall–Kier alpha value is -2.90. The van der Waals surface area contributed by atoms with E-state index in [1.807, 2.05) is 24.3 Å². The normalized spacial score (nSPS) is 11.6. The number of nitrogens with one attached hydrogen (secondary N) is 2. The number of hydrogen-bond donors (Lipinski definition) is 2. The Morgan fingerprint density at radius 2 is 1.86 bits per heavy atom. The van der Waals surface area contributed by atoms with E-state index < -0.39 is 12.1 Å². The van der Waals surface area contributed by atoms with Gasteiger partial charge in [0.2, 0.25) is 0 Å². The quantitative estimate of drug-likeness (QED) is 0.764. The molecule has 1 amide bonds. The predicted molar refractivity (Wildman–Crippen MR) is 74.0 cm³/mol. The van der Waals surface area contributed by atoms with Gasteiger partial charge in [0.05, 0.1) is 5.69 Å². The molecule has 0 saturated carbocycles. The second kappa shape index (κ2) is 5.14. The number of H-pyrrole nitrogens is 1. The molecule has 3 rings (SSSR count). The van der Waals surface area contributed by atoms with Gasteiger partial charge >= 0.3 is 12.1 Å². The molecule has 2 N–H and O–H groups in total. The zero-order valence-corrected chi connectivity index (χ0v) is 11.0. The van der Waals surface area contributed by atoms with Gasteiger partial charge < -0.3 is 10.3 Å². The minimum atomic E-state index is -4.99. The molecule has 0 aliphatic carbocycles. The number of rotatable bonds is 2. The first-order valence-electron chi connectivity index (χ1n) is 6.22. The number of nitrogens with zero attached hydrogens (tertiary/aromatic N) is 2. The van der Waals surface area contributed by atoms with Gasteiger partial charge in [0.1, 0.15) is 5.69 Å². The summed E-state index contributed by atoms with van der Waals surface area (Å²) in [5.74, 6) is -2.35. The van der Waals surface area contributed by atoms with Crippen LogP contribution in [0, 0.1) is 0 Å². The highest BCUT2D eigenvalue weighted by Gasteiger charge is 2.39. The molecule has 0 spiro atoms. The highest BCUT2D eigenvalue weighted by molar-refractivity contribution is 5.97. The molecule has 0 radical (unpaired) electrons. The first kappa shape index (κ1) is 14.1. The molecule has 8 heteroatoms. The van der Waals surface area contributed by atoms with Gasteiger partial charge in [-0.15, -0.1) is 0 Å². The molecule has 0 fully saturated rings. The van der Waals surface area contributed by atoms with Crippen molar-refractivity contribution in [2.45, 2.75) is 6.18 Å². The van der Waals surface area contributed by atoms with E-state index in [9.17, 15) is 18.0 Å². The lowest BCUT2D eigenvalue weighted by molar-refractivity contribution is -0.167. The first-order valence-corrected chi connectivity index (χ1v) is 6.22. The van der Waals surface area contributed by atoms with Crippen LogP contribution in [0.15, 0.2) is 42.7 Å². The molecular weight excluding hydrogens is 297 g/mol. The van der Waals surface area contributed by atoms with Crippen LogP contribution < -0.4 is 5.32 Å². The number of carbonyl (C=O) groups excluding carboxylic acids is 1. The van der Waals surface area contributed by atoms with Gasteiger partial charge in [-0.05, 0) is 12.1 Å². The predicted octanol–water partition coefficient (Wildman–Crippen LogP) is 3.13. The number of aromatic nitrogens is 3. The number of hydrogen-bond acceptors (Lipinski definition) is 3. The van der Waals surface area contributed by atoms with Crippen LogP contribution in [-0.2, 0) is 4.79 Å². The Morgan fingerprint density at radius 1 is 1.14 bits per heavy atom. The number of amides is 1. The van der Waals surface area contributed by atoms with Gasteiger partial charge in [0.25, 0.3) is 0 Å². The highest BCUT2D eigenvalue weighted by atomic mass is 19.4. The van der Waals surface area contributed by atoms with Crippen LogP contribution in [0.3, 0.4) is 0 Å². The number of para-hydroxylation sites is 1. The Kier molecular flexibility index (Phi) is 3.28. The van der Waals surface area contributed by atoms with Crippen LogP contribution in [0.1, 0.15) is 0 Å². The molecule has 1 aromatic carbocycles. The van der Waals surface area contributed by atoms with Gasteiger partial charge in [-0.3, -0.25) is 4.79 Å². The molecule has 0 saturated heterocycles. The average molecular weight is 306 g/mol. The zero-order valence-electron chi connectivity index (χ0n) is 11.0. The number of aromatic amines is 1. The second-order valence-electron chi connectivity index (χ2n) is 4.48. The van der Waals surface area contributed by atoms with Crippen LogP contribution in [0.5, 0.6) is 0 Å². The topological polar surface area (TPSA) is 70.7 Å². The fraction of sp³-hybridized carbons (Fsp3) is 0.0714. The maximum absolute atomic E-state index is 12.4. The van der Waals surface area contributed by atoms with Gasteiger partial charge in [-0.25, -0.2) is 9.97 Å². The van der Waals surface area contributed by atoms with Crippen molar-refractivity contribution < 1.29 is 18.0 Å². The second-order valence-corrected chi connectivity index (χ2v) is 4.48. The van der Waals surface area contributed by atoms with Crippen molar-refractivity contribution in [2.75, 3.05) is 5.32 Å². The van der Waals surface area contributed by atoms with Crippen LogP contribution in [0.2, 0.25) is 0 Å². The molecule has 112 valence electrons.